The van der Waals surface area contributed by atoms with Crippen LogP contribution in [0, 0.1) is 6.92 Å². The van der Waals surface area contributed by atoms with E-state index in [1.165, 1.54) is 4.90 Å². The molecule has 34 heavy (non-hydrogen) atoms. The number of nitrogens with zero attached hydrogens (tertiary/aromatic N) is 2. The van der Waals surface area contributed by atoms with E-state index in [1.54, 1.807) is 55.9 Å². The molecule has 1 saturated heterocycles. The molecule has 4 rings (SSSR count). The summed E-state index contributed by atoms with van der Waals surface area (Å²) in [7, 11) is 1.60. The Morgan fingerprint density at radius 3 is 2.35 bits per heavy atom. The van der Waals surface area contributed by atoms with Crippen LogP contribution in [0.15, 0.2) is 72.6 Å². The van der Waals surface area contributed by atoms with Crippen LogP contribution in [0.3, 0.4) is 0 Å². The van der Waals surface area contributed by atoms with Crippen molar-refractivity contribution in [3.63, 3.8) is 0 Å². The Hall–Kier alpha value is -3.93. The number of aryl methyl sites for hydroxylation is 1. The van der Waals surface area contributed by atoms with E-state index in [-0.39, 0.29) is 16.7 Å². The van der Waals surface area contributed by atoms with Gasteiger partial charge in [-0.25, -0.2) is 0 Å². The first-order valence-electron chi connectivity index (χ1n) is 11.1. The largest absolute Gasteiger partial charge is 0.507 e. The summed E-state index contributed by atoms with van der Waals surface area (Å²) in [6, 6.07) is 15.4. The highest BCUT2D eigenvalue weighted by atomic mass is 16.5. The van der Waals surface area contributed by atoms with Gasteiger partial charge in [0.15, 0.2) is 0 Å². The number of hydrogen-bond acceptors (Lipinski definition) is 5. The fourth-order valence-corrected chi connectivity index (χ4v) is 4.25. The zero-order chi connectivity index (χ0) is 24.6. The SMILES string of the molecule is COc1ccc(/C(O)=C2/C(=O)C(=O)N(c3ccc(C)cc3)C2c2cccnc2)cc1C(C)(C)C. The smallest absolute Gasteiger partial charge is 0.300 e. The molecule has 0 aliphatic carbocycles. The third-order valence-corrected chi connectivity index (χ3v) is 6.04. The Morgan fingerprint density at radius 1 is 1.06 bits per heavy atom. The zero-order valence-electron chi connectivity index (χ0n) is 20.0. The molecular weight excluding hydrogens is 428 g/mol. The zero-order valence-corrected chi connectivity index (χ0v) is 20.0. The average molecular weight is 457 g/mol. The molecule has 1 fully saturated rings. The molecule has 6 heteroatoms. The number of aliphatic hydroxyl groups excluding tert-OH is 1. The molecule has 0 spiro atoms. The van der Waals surface area contributed by atoms with Crippen molar-refractivity contribution in [2.75, 3.05) is 12.0 Å². The van der Waals surface area contributed by atoms with Gasteiger partial charge in [0.2, 0.25) is 0 Å². The molecule has 0 radical (unpaired) electrons. The number of rotatable bonds is 4. The number of methoxy groups -OCH3 is 1. The molecule has 6 nitrogen and oxygen atoms in total. The van der Waals surface area contributed by atoms with Crippen molar-refractivity contribution in [2.45, 2.75) is 39.2 Å². The van der Waals surface area contributed by atoms with Gasteiger partial charge in [0, 0.05) is 29.2 Å². The number of aromatic nitrogens is 1. The number of carbonyl (C=O) groups is 2. The fraction of sp³-hybridized carbons (Fsp3) is 0.250. The summed E-state index contributed by atoms with van der Waals surface area (Å²) in [4.78, 5) is 32.2. The van der Waals surface area contributed by atoms with Crippen molar-refractivity contribution in [1.82, 2.24) is 4.98 Å². The van der Waals surface area contributed by atoms with Crippen LogP contribution in [-0.4, -0.2) is 28.9 Å². The van der Waals surface area contributed by atoms with Gasteiger partial charge in [0.25, 0.3) is 11.7 Å². The third kappa shape index (κ3) is 4.07. The summed E-state index contributed by atoms with van der Waals surface area (Å²) in [5.41, 5.74) is 3.33. The molecule has 1 unspecified atom stereocenters. The lowest BCUT2D eigenvalue weighted by atomic mass is 9.84. The van der Waals surface area contributed by atoms with Crippen LogP contribution in [0.5, 0.6) is 5.75 Å². The lowest BCUT2D eigenvalue weighted by Gasteiger charge is -2.26. The Morgan fingerprint density at radius 2 is 1.76 bits per heavy atom. The monoisotopic (exact) mass is 456 g/mol. The number of anilines is 1. The second-order valence-corrected chi connectivity index (χ2v) is 9.46. The van der Waals surface area contributed by atoms with Gasteiger partial charge in [-0.15, -0.1) is 0 Å². The first-order valence-corrected chi connectivity index (χ1v) is 11.1. The lowest BCUT2D eigenvalue weighted by molar-refractivity contribution is -0.132. The van der Waals surface area contributed by atoms with Crippen molar-refractivity contribution in [2.24, 2.45) is 0 Å². The van der Waals surface area contributed by atoms with Gasteiger partial charge in [0.05, 0.1) is 18.7 Å². The van der Waals surface area contributed by atoms with Gasteiger partial charge < -0.3 is 9.84 Å². The van der Waals surface area contributed by atoms with Gasteiger partial charge in [-0.1, -0.05) is 44.5 Å². The normalized spacial score (nSPS) is 17.8. The summed E-state index contributed by atoms with van der Waals surface area (Å²) in [6.07, 6.45) is 3.24. The highest BCUT2D eigenvalue weighted by Gasteiger charge is 2.47. The van der Waals surface area contributed by atoms with Crippen molar-refractivity contribution >= 4 is 23.1 Å². The predicted molar refractivity (Wildman–Crippen MR) is 132 cm³/mol. The lowest BCUT2D eigenvalue weighted by Crippen LogP contribution is -2.29. The van der Waals surface area contributed by atoms with Crippen LogP contribution in [0.25, 0.3) is 5.76 Å². The minimum Gasteiger partial charge on any atom is -0.507 e. The Bertz CT molecular complexity index is 1270. The molecule has 174 valence electrons. The molecule has 2 heterocycles. The molecule has 1 atom stereocenters. The van der Waals surface area contributed by atoms with Gasteiger partial charge >= 0.3 is 0 Å². The van der Waals surface area contributed by atoms with Gasteiger partial charge in [-0.05, 0) is 54.3 Å². The van der Waals surface area contributed by atoms with E-state index in [2.05, 4.69) is 4.98 Å². The standard InChI is InChI=1S/C28H28N2O4/c1-17-8-11-20(12-9-17)30-24(19-7-6-14-29-16-19)23(26(32)27(30)33)25(31)18-10-13-22(34-5)21(15-18)28(2,3)4/h6-16,24,31H,1-5H3/b25-23-. The number of aliphatic hydroxyl groups is 1. The van der Waals surface area contributed by atoms with Crippen LogP contribution >= 0.6 is 0 Å². The van der Waals surface area contributed by atoms with Crippen molar-refractivity contribution in [3.05, 3.63) is 94.8 Å². The maximum Gasteiger partial charge on any atom is 0.300 e. The topological polar surface area (TPSA) is 79.7 Å². The number of hydrogen-bond donors (Lipinski definition) is 1. The Kier molecular flexibility index (Phi) is 6.00. The summed E-state index contributed by atoms with van der Waals surface area (Å²) >= 11 is 0. The molecule has 2 aromatic carbocycles. The van der Waals surface area contributed by atoms with E-state index in [9.17, 15) is 14.7 Å². The molecule has 0 bridgehead atoms. The highest BCUT2D eigenvalue weighted by Crippen LogP contribution is 2.43. The molecule has 3 aromatic rings. The average Bonchev–Trinajstić information content (AvgIpc) is 3.09. The van der Waals surface area contributed by atoms with Crippen LogP contribution < -0.4 is 9.64 Å². The van der Waals surface area contributed by atoms with E-state index >= 15 is 0 Å². The molecule has 1 N–H and O–H groups in total. The van der Waals surface area contributed by atoms with Gasteiger partial charge in [-0.2, -0.15) is 0 Å². The molecule has 1 aromatic heterocycles. The minimum absolute atomic E-state index is 0.0311. The molecule has 1 aliphatic heterocycles. The maximum atomic E-state index is 13.3. The van der Waals surface area contributed by atoms with Crippen LogP contribution in [0.1, 0.15) is 49.1 Å². The second-order valence-electron chi connectivity index (χ2n) is 9.46. The molecule has 1 amide bonds. The number of pyridine rings is 1. The van der Waals surface area contributed by atoms with Crippen LogP contribution in [0.2, 0.25) is 0 Å². The summed E-state index contributed by atoms with van der Waals surface area (Å²) in [5, 5.41) is 11.4. The number of amides is 1. The number of ketones is 1. The summed E-state index contributed by atoms with van der Waals surface area (Å²) in [6.45, 7) is 8.08. The second kappa shape index (κ2) is 8.78. The van der Waals surface area contributed by atoms with Crippen molar-refractivity contribution in [1.29, 1.82) is 0 Å². The van der Waals surface area contributed by atoms with Crippen molar-refractivity contribution in [3.8, 4) is 5.75 Å². The van der Waals surface area contributed by atoms with Crippen LogP contribution in [-0.2, 0) is 15.0 Å². The van der Waals surface area contributed by atoms with Gasteiger partial charge in [0.1, 0.15) is 11.5 Å². The Balaban J connectivity index is 1.94. The van der Waals surface area contributed by atoms with E-state index in [1.807, 2.05) is 45.9 Å². The number of ether oxygens (including phenoxy) is 1. The van der Waals surface area contributed by atoms with Crippen molar-refractivity contribution < 1.29 is 19.4 Å². The Labute approximate surface area is 199 Å². The molecule has 0 saturated carbocycles. The predicted octanol–water partition coefficient (Wildman–Crippen LogP) is 5.32. The quantitative estimate of drug-likeness (QED) is 0.326. The van der Waals surface area contributed by atoms with E-state index in [4.69, 9.17) is 4.74 Å². The third-order valence-electron chi connectivity index (χ3n) is 6.04. The van der Waals surface area contributed by atoms with E-state index in [0.29, 0.717) is 22.6 Å². The summed E-state index contributed by atoms with van der Waals surface area (Å²) in [5.74, 6) is -0.966. The first kappa shape index (κ1) is 23.2. The minimum atomic E-state index is -0.809. The summed E-state index contributed by atoms with van der Waals surface area (Å²) < 4.78 is 5.51. The van der Waals surface area contributed by atoms with E-state index in [0.717, 1.165) is 11.1 Å². The highest BCUT2D eigenvalue weighted by molar-refractivity contribution is 6.51. The van der Waals surface area contributed by atoms with Crippen LogP contribution in [0.4, 0.5) is 5.69 Å². The van der Waals surface area contributed by atoms with Gasteiger partial charge in [-0.3, -0.25) is 19.5 Å². The fourth-order valence-electron chi connectivity index (χ4n) is 4.25. The number of benzene rings is 2. The van der Waals surface area contributed by atoms with E-state index < -0.39 is 17.7 Å². The first-order chi connectivity index (χ1) is 16.1. The molecule has 1 aliphatic rings. The maximum absolute atomic E-state index is 13.3. The molecular formula is C28H28N2O4. The number of Topliss-reactive ketones (excluding diaryl/α,β-unsaturated/α-hetero) is 1. The number of carbonyl (C=O) groups excluding carboxylic acids is 2.